The quantitative estimate of drug-likeness (QED) is 0.573. The number of nitrogens with zero attached hydrogens (tertiary/aromatic N) is 1. The Balaban J connectivity index is 2.37. The minimum Gasteiger partial charge on any atom is -0.383 e. The summed E-state index contributed by atoms with van der Waals surface area (Å²) in [6.45, 7) is 0. The Labute approximate surface area is 100 Å². The third-order valence-electron chi connectivity index (χ3n) is 2.55. The van der Waals surface area contributed by atoms with Crippen molar-refractivity contribution in [3.8, 4) is 0 Å². The van der Waals surface area contributed by atoms with Crippen LogP contribution < -0.4 is 0 Å². The van der Waals surface area contributed by atoms with Crippen molar-refractivity contribution in [2.45, 2.75) is 0 Å². The molecule has 1 aromatic rings. The van der Waals surface area contributed by atoms with Gasteiger partial charge in [0.05, 0.1) is 5.57 Å². The van der Waals surface area contributed by atoms with Gasteiger partial charge in [0.25, 0.3) is 0 Å². The minimum absolute atomic E-state index is 0.186. The molecule has 0 unspecified atom stereocenters. The average Bonchev–Trinajstić information content (AvgIpc) is 2.54. The SMILES string of the molecule is CN(C)/C=C/C=C1C(=O)c2ccccc2C1=O. The number of allylic oxidation sites excluding steroid dienone is 3. The third kappa shape index (κ3) is 2.04. The molecule has 0 saturated heterocycles. The molecule has 3 heteroatoms. The first-order valence-electron chi connectivity index (χ1n) is 5.34. The number of fused-ring (bicyclic) bond motifs is 1. The summed E-state index contributed by atoms with van der Waals surface area (Å²) in [5.74, 6) is -0.372. The fraction of sp³-hybridized carbons (Fsp3) is 0.143. The lowest BCUT2D eigenvalue weighted by Gasteiger charge is -2.01. The monoisotopic (exact) mass is 227 g/mol. The van der Waals surface area contributed by atoms with Gasteiger partial charge in [-0.25, -0.2) is 0 Å². The van der Waals surface area contributed by atoms with Crippen LogP contribution in [0.15, 0.2) is 48.2 Å². The third-order valence-corrected chi connectivity index (χ3v) is 2.55. The first-order chi connectivity index (χ1) is 8.11. The summed E-state index contributed by atoms with van der Waals surface area (Å²) in [6.07, 6.45) is 5.07. The second kappa shape index (κ2) is 4.37. The number of Topliss-reactive ketones (excluding diaryl/α,β-unsaturated/α-hetero) is 2. The zero-order chi connectivity index (χ0) is 12.4. The van der Waals surface area contributed by atoms with Gasteiger partial charge in [-0.1, -0.05) is 24.3 Å². The number of ketones is 2. The van der Waals surface area contributed by atoms with E-state index in [1.807, 2.05) is 19.0 Å². The molecule has 0 heterocycles. The van der Waals surface area contributed by atoms with Crippen LogP contribution in [0.4, 0.5) is 0 Å². The smallest absolute Gasteiger partial charge is 0.197 e. The maximum atomic E-state index is 11.9. The molecule has 0 amide bonds. The lowest BCUT2D eigenvalue weighted by molar-refractivity contribution is 0.0989. The van der Waals surface area contributed by atoms with Crippen molar-refractivity contribution in [1.82, 2.24) is 4.90 Å². The number of hydrogen-bond donors (Lipinski definition) is 0. The molecule has 1 aromatic carbocycles. The van der Waals surface area contributed by atoms with Crippen LogP contribution in [0.2, 0.25) is 0 Å². The lowest BCUT2D eigenvalue weighted by atomic mass is 10.1. The highest BCUT2D eigenvalue weighted by atomic mass is 16.2. The van der Waals surface area contributed by atoms with Crippen LogP contribution >= 0.6 is 0 Å². The van der Waals surface area contributed by atoms with E-state index in [9.17, 15) is 9.59 Å². The minimum atomic E-state index is -0.186. The highest BCUT2D eigenvalue weighted by Crippen LogP contribution is 2.25. The second-order valence-electron chi connectivity index (χ2n) is 4.09. The van der Waals surface area contributed by atoms with Crippen LogP contribution in [-0.2, 0) is 0 Å². The summed E-state index contributed by atoms with van der Waals surface area (Å²) in [5.41, 5.74) is 1.24. The molecule has 0 aliphatic heterocycles. The fourth-order valence-electron chi connectivity index (χ4n) is 1.74. The topological polar surface area (TPSA) is 37.4 Å². The zero-order valence-electron chi connectivity index (χ0n) is 9.81. The van der Waals surface area contributed by atoms with Crippen LogP contribution in [0.1, 0.15) is 20.7 Å². The standard InChI is InChI=1S/C14H13NO2/c1-15(2)9-5-8-12-13(16)10-6-3-4-7-11(10)14(12)17/h3-9H,1-2H3/b9-5+. The summed E-state index contributed by atoms with van der Waals surface area (Å²) >= 11 is 0. The van der Waals surface area contributed by atoms with Crippen molar-refractivity contribution in [3.05, 3.63) is 59.3 Å². The van der Waals surface area contributed by atoms with Gasteiger partial charge in [-0.2, -0.15) is 0 Å². The van der Waals surface area contributed by atoms with Gasteiger partial charge in [0.1, 0.15) is 0 Å². The molecule has 86 valence electrons. The van der Waals surface area contributed by atoms with E-state index in [0.29, 0.717) is 11.1 Å². The molecule has 17 heavy (non-hydrogen) atoms. The molecular formula is C14H13NO2. The first kappa shape index (κ1) is 11.3. The van der Waals surface area contributed by atoms with Crippen LogP contribution in [0.5, 0.6) is 0 Å². The molecule has 2 rings (SSSR count). The summed E-state index contributed by atoms with van der Waals surface area (Å²) in [5, 5.41) is 0. The van der Waals surface area contributed by atoms with Crippen molar-refractivity contribution in [3.63, 3.8) is 0 Å². The lowest BCUT2D eigenvalue weighted by Crippen LogP contribution is -2.01. The van der Waals surface area contributed by atoms with E-state index in [0.717, 1.165) is 0 Å². The van der Waals surface area contributed by atoms with Gasteiger partial charge in [-0.05, 0) is 18.4 Å². The van der Waals surface area contributed by atoms with Crippen molar-refractivity contribution in [1.29, 1.82) is 0 Å². The second-order valence-corrected chi connectivity index (χ2v) is 4.09. The Morgan fingerprint density at radius 3 is 2.00 bits per heavy atom. The van der Waals surface area contributed by atoms with E-state index < -0.39 is 0 Å². The highest BCUT2D eigenvalue weighted by Gasteiger charge is 2.31. The maximum Gasteiger partial charge on any atom is 0.197 e. The summed E-state index contributed by atoms with van der Waals surface area (Å²) in [4.78, 5) is 25.7. The van der Waals surface area contributed by atoms with Crippen LogP contribution in [0.25, 0.3) is 0 Å². The van der Waals surface area contributed by atoms with Crippen molar-refractivity contribution in [2.75, 3.05) is 14.1 Å². The van der Waals surface area contributed by atoms with E-state index in [-0.39, 0.29) is 17.1 Å². The van der Waals surface area contributed by atoms with Gasteiger partial charge < -0.3 is 4.90 Å². The van der Waals surface area contributed by atoms with Crippen LogP contribution in [0, 0.1) is 0 Å². The molecule has 0 aromatic heterocycles. The first-order valence-corrected chi connectivity index (χ1v) is 5.34. The van der Waals surface area contributed by atoms with E-state index in [1.54, 1.807) is 42.6 Å². The normalized spacial score (nSPS) is 14.4. The van der Waals surface area contributed by atoms with Gasteiger partial charge in [-0.15, -0.1) is 0 Å². The Morgan fingerprint density at radius 2 is 1.53 bits per heavy atom. The molecule has 0 saturated carbocycles. The van der Waals surface area contributed by atoms with Crippen LogP contribution in [-0.4, -0.2) is 30.6 Å². The number of carbonyl (C=O) groups is 2. The fourth-order valence-corrected chi connectivity index (χ4v) is 1.74. The Morgan fingerprint density at radius 1 is 1.00 bits per heavy atom. The zero-order valence-corrected chi connectivity index (χ0v) is 9.81. The molecule has 1 aliphatic rings. The summed E-state index contributed by atoms with van der Waals surface area (Å²) in [7, 11) is 3.75. The number of benzene rings is 1. The molecule has 0 radical (unpaired) electrons. The Hall–Kier alpha value is -2.16. The van der Waals surface area contributed by atoms with Gasteiger partial charge in [0.2, 0.25) is 0 Å². The van der Waals surface area contributed by atoms with Crippen molar-refractivity contribution in [2.24, 2.45) is 0 Å². The van der Waals surface area contributed by atoms with E-state index in [4.69, 9.17) is 0 Å². The largest absolute Gasteiger partial charge is 0.383 e. The van der Waals surface area contributed by atoms with Crippen molar-refractivity contribution < 1.29 is 9.59 Å². The molecule has 3 nitrogen and oxygen atoms in total. The molecular weight excluding hydrogens is 214 g/mol. The van der Waals surface area contributed by atoms with Gasteiger partial charge >= 0.3 is 0 Å². The molecule has 0 bridgehead atoms. The van der Waals surface area contributed by atoms with E-state index in [2.05, 4.69) is 0 Å². The van der Waals surface area contributed by atoms with E-state index in [1.165, 1.54) is 0 Å². The van der Waals surface area contributed by atoms with Gasteiger partial charge in [-0.3, -0.25) is 9.59 Å². The summed E-state index contributed by atoms with van der Waals surface area (Å²) in [6, 6.07) is 6.91. The number of rotatable bonds is 2. The van der Waals surface area contributed by atoms with Gasteiger partial charge in [0.15, 0.2) is 11.6 Å². The predicted molar refractivity (Wildman–Crippen MR) is 66.0 cm³/mol. The average molecular weight is 227 g/mol. The molecule has 0 spiro atoms. The van der Waals surface area contributed by atoms with Crippen molar-refractivity contribution >= 4 is 11.6 Å². The number of carbonyl (C=O) groups excluding carboxylic acids is 2. The highest BCUT2D eigenvalue weighted by molar-refractivity contribution is 6.39. The Kier molecular flexibility index (Phi) is 2.91. The Bertz CT molecular complexity index is 502. The number of hydrogen-bond acceptors (Lipinski definition) is 3. The molecule has 0 N–H and O–H groups in total. The van der Waals surface area contributed by atoms with Crippen LogP contribution in [0.3, 0.4) is 0 Å². The molecule has 0 atom stereocenters. The molecule has 1 aliphatic carbocycles. The predicted octanol–water partition coefficient (Wildman–Crippen LogP) is 2.07. The van der Waals surface area contributed by atoms with E-state index >= 15 is 0 Å². The maximum absolute atomic E-state index is 11.9. The molecule has 0 fully saturated rings. The van der Waals surface area contributed by atoms with Gasteiger partial charge in [0, 0.05) is 25.2 Å². The summed E-state index contributed by atoms with van der Waals surface area (Å²) < 4.78 is 0.